The SMILES string of the molecule is CN(Cc1cccc2c1NCC2)C[C@@H]1CCN(C)[C@H]1c1cccnc1.Cl. The first-order valence-electron chi connectivity index (χ1n) is 9.35. The second-order valence-electron chi connectivity index (χ2n) is 7.59. The summed E-state index contributed by atoms with van der Waals surface area (Å²) in [6.07, 6.45) is 6.31. The van der Waals surface area contributed by atoms with E-state index in [1.165, 1.54) is 35.3 Å². The van der Waals surface area contributed by atoms with Gasteiger partial charge in [0.05, 0.1) is 0 Å². The zero-order valence-corrected chi connectivity index (χ0v) is 16.5. The Morgan fingerprint density at radius 2 is 2.15 bits per heavy atom. The first-order chi connectivity index (χ1) is 12.2. The molecule has 5 heteroatoms. The third-order valence-corrected chi connectivity index (χ3v) is 5.72. The maximum absolute atomic E-state index is 4.34. The molecule has 0 radical (unpaired) electrons. The molecule has 140 valence electrons. The van der Waals surface area contributed by atoms with Crippen LogP contribution in [-0.2, 0) is 13.0 Å². The lowest BCUT2D eigenvalue weighted by Gasteiger charge is -2.29. The highest BCUT2D eigenvalue weighted by molar-refractivity contribution is 5.85. The lowest BCUT2D eigenvalue weighted by Crippen LogP contribution is -2.30. The quantitative estimate of drug-likeness (QED) is 0.869. The largest absolute Gasteiger partial charge is 0.384 e. The Hall–Kier alpha value is -1.62. The standard InChI is InChI=1S/C21H28N4.ClH/c1-24(14-18-6-3-5-16-8-11-23-20(16)18)15-19-9-12-25(2)21(19)17-7-4-10-22-13-17;/h3-7,10,13,19,21,23H,8-9,11-12,14-15H2,1-2H3;1H/t19-,21-;/m0./s1. The van der Waals surface area contributed by atoms with Crippen LogP contribution in [0.5, 0.6) is 0 Å². The molecule has 2 aromatic rings. The average Bonchev–Trinajstić information content (AvgIpc) is 3.23. The Kier molecular flexibility index (Phi) is 6.17. The van der Waals surface area contributed by atoms with E-state index in [2.05, 4.69) is 64.5 Å². The number of hydrogen-bond acceptors (Lipinski definition) is 4. The van der Waals surface area contributed by atoms with Crippen molar-refractivity contribution in [2.24, 2.45) is 5.92 Å². The van der Waals surface area contributed by atoms with E-state index in [0.29, 0.717) is 12.0 Å². The van der Waals surface area contributed by atoms with Crippen LogP contribution in [0.1, 0.15) is 29.2 Å². The molecule has 2 aliphatic heterocycles. The molecule has 0 amide bonds. The van der Waals surface area contributed by atoms with Crippen molar-refractivity contribution in [1.82, 2.24) is 14.8 Å². The molecule has 0 bridgehead atoms. The summed E-state index contributed by atoms with van der Waals surface area (Å²) in [5, 5.41) is 3.57. The van der Waals surface area contributed by atoms with Crippen LogP contribution in [0.2, 0.25) is 0 Å². The zero-order valence-electron chi connectivity index (χ0n) is 15.7. The summed E-state index contributed by atoms with van der Waals surface area (Å²) >= 11 is 0. The molecule has 0 saturated carbocycles. The van der Waals surface area contributed by atoms with Crippen molar-refractivity contribution < 1.29 is 0 Å². The van der Waals surface area contributed by atoms with Crippen molar-refractivity contribution in [2.45, 2.75) is 25.4 Å². The van der Waals surface area contributed by atoms with Crippen molar-refractivity contribution in [2.75, 3.05) is 39.0 Å². The topological polar surface area (TPSA) is 31.4 Å². The van der Waals surface area contributed by atoms with E-state index in [9.17, 15) is 0 Å². The van der Waals surface area contributed by atoms with Gasteiger partial charge in [0.1, 0.15) is 0 Å². The first kappa shape index (κ1) is 19.2. The van der Waals surface area contributed by atoms with Gasteiger partial charge in [-0.2, -0.15) is 0 Å². The molecule has 0 aliphatic carbocycles. The number of anilines is 1. The van der Waals surface area contributed by atoms with E-state index in [1.807, 2.05) is 12.4 Å². The average molecular weight is 373 g/mol. The third-order valence-electron chi connectivity index (χ3n) is 5.72. The fourth-order valence-corrected chi connectivity index (χ4v) is 4.59. The van der Waals surface area contributed by atoms with Crippen LogP contribution >= 0.6 is 12.4 Å². The lowest BCUT2D eigenvalue weighted by molar-refractivity contribution is 0.214. The zero-order chi connectivity index (χ0) is 17.2. The smallest absolute Gasteiger partial charge is 0.0419 e. The number of aromatic nitrogens is 1. The minimum Gasteiger partial charge on any atom is -0.384 e. The molecule has 1 fully saturated rings. The first-order valence-corrected chi connectivity index (χ1v) is 9.35. The Morgan fingerprint density at radius 1 is 1.27 bits per heavy atom. The van der Waals surface area contributed by atoms with Crippen molar-refractivity contribution >= 4 is 18.1 Å². The number of pyridine rings is 1. The van der Waals surface area contributed by atoms with Crippen molar-refractivity contribution in [3.63, 3.8) is 0 Å². The molecule has 1 aromatic heterocycles. The van der Waals surface area contributed by atoms with Crippen LogP contribution < -0.4 is 5.32 Å². The highest BCUT2D eigenvalue weighted by Crippen LogP contribution is 2.36. The molecule has 1 saturated heterocycles. The van der Waals surface area contributed by atoms with Gasteiger partial charge in [0.2, 0.25) is 0 Å². The third kappa shape index (κ3) is 3.88. The summed E-state index contributed by atoms with van der Waals surface area (Å²) in [5.74, 6) is 0.656. The van der Waals surface area contributed by atoms with Crippen LogP contribution in [-0.4, -0.2) is 48.5 Å². The molecule has 2 atom stereocenters. The molecule has 4 rings (SSSR count). The van der Waals surface area contributed by atoms with Gasteiger partial charge in [-0.25, -0.2) is 0 Å². The fourth-order valence-electron chi connectivity index (χ4n) is 4.59. The summed E-state index contributed by atoms with van der Waals surface area (Å²) < 4.78 is 0. The molecule has 1 N–H and O–H groups in total. The normalized spacial score (nSPS) is 22.1. The number of hydrogen-bond donors (Lipinski definition) is 1. The van der Waals surface area contributed by atoms with Gasteiger partial charge in [0.25, 0.3) is 0 Å². The van der Waals surface area contributed by atoms with Gasteiger partial charge in [-0.05, 0) is 62.2 Å². The van der Waals surface area contributed by atoms with E-state index < -0.39 is 0 Å². The predicted octanol–water partition coefficient (Wildman–Crippen LogP) is 3.60. The minimum atomic E-state index is 0. The number of likely N-dealkylation sites (tertiary alicyclic amines) is 1. The highest BCUT2D eigenvalue weighted by atomic mass is 35.5. The molecular weight excluding hydrogens is 344 g/mol. The number of benzene rings is 1. The number of nitrogens with zero attached hydrogens (tertiary/aromatic N) is 3. The molecule has 2 aliphatic rings. The summed E-state index contributed by atoms with van der Waals surface area (Å²) in [4.78, 5) is 9.31. The second kappa shape index (κ2) is 8.38. The molecule has 4 nitrogen and oxygen atoms in total. The second-order valence-corrected chi connectivity index (χ2v) is 7.59. The van der Waals surface area contributed by atoms with Crippen molar-refractivity contribution in [3.8, 4) is 0 Å². The number of para-hydroxylation sites is 1. The summed E-state index contributed by atoms with van der Waals surface area (Å²) in [5.41, 5.74) is 5.63. The Labute approximate surface area is 163 Å². The molecule has 0 unspecified atom stereocenters. The van der Waals surface area contributed by atoms with Gasteiger partial charge < -0.3 is 10.2 Å². The van der Waals surface area contributed by atoms with Gasteiger partial charge in [-0.15, -0.1) is 12.4 Å². The maximum Gasteiger partial charge on any atom is 0.0419 e. The van der Waals surface area contributed by atoms with Gasteiger partial charge in [0, 0.05) is 43.8 Å². The van der Waals surface area contributed by atoms with Crippen LogP contribution in [0.3, 0.4) is 0 Å². The van der Waals surface area contributed by atoms with Crippen LogP contribution in [0, 0.1) is 5.92 Å². The molecule has 3 heterocycles. The Balaban J connectivity index is 0.00000196. The van der Waals surface area contributed by atoms with Gasteiger partial charge >= 0.3 is 0 Å². The molecular formula is C21H29ClN4. The predicted molar refractivity (Wildman–Crippen MR) is 110 cm³/mol. The summed E-state index contributed by atoms with van der Waals surface area (Å²) in [6, 6.07) is 11.5. The number of nitrogens with one attached hydrogen (secondary N) is 1. The maximum atomic E-state index is 4.34. The van der Waals surface area contributed by atoms with Gasteiger partial charge in [-0.3, -0.25) is 9.88 Å². The van der Waals surface area contributed by atoms with E-state index in [1.54, 1.807) is 0 Å². The fraction of sp³-hybridized carbons (Fsp3) is 0.476. The lowest BCUT2D eigenvalue weighted by atomic mass is 9.94. The monoisotopic (exact) mass is 372 g/mol. The summed E-state index contributed by atoms with van der Waals surface area (Å²) in [7, 11) is 4.50. The summed E-state index contributed by atoms with van der Waals surface area (Å²) in [6.45, 7) is 4.37. The van der Waals surface area contributed by atoms with Crippen molar-refractivity contribution in [1.29, 1.82) is 0 Å². The van der Waals surface area contributed by atoms with Crippen LogP contribution in [0.15, 0.2) is 42.7 Å². The molecule has 0 spiro atoms. The van der Waals surface area contributed by atoms with E-state index in [-0.39, 0.29) is 12.4 Å². The van der Waals surface area contributed by atoms with Gasteiger partial charge in [0.15, 0.2) is 0 Å². The number of rotatable bonds is 5. The highest BCUT2D eigenvalue weighted by Gasteiger charge is 2.33. The van der Waals surface area contributed by atoms with E-state index in [0.717, 1.165) is 26.1 Å². The van der Waals surface area contributed by atoms with E-state index in [4.69, 9.17) is 0 Å². The number of fused-ring (bicyclic) bond motifs is 1. The number of halogens is 1. The minimum absolute atomic E-state index is 0. The van der Waals surface area contributed by atoms with Crippen LogP contribution in [0.25, 0.3) is 0 Å². The molecule has 1 aromatic carbocycles. The van der Waals surface area contributed by atoms with E-state index >= 15 is 0 Å². The Bertz CT molecular complexity index is 721. The molecule has 26 heavy (non-hydrogen) atoms. The van der Waals surface area contributed by atoms with Crippen molar-refractivity contribution in [3.05, 3.63) is 59.4 Å². The van der Waals surface area contributed by atoms with Gasteiger partial charge in [-0.1, -0.05) is 24.3 Å². The Morgan fingerprint density at radius 3 is 2.96 bits per heavy atom. The van der Waals surface area contributed by atoms with Crippen LogP contribution in [0.4, 0.5) is 5.69 Å².